The first-order valence-electron chi connectivity index (χ1n) is 7.10. The summed E-state index contributed by atoms with van der Waals surface area (Å²) in [7, 11) is 0. The van der Waals surface area contributed by atoms with Crippen molar-refractivity contribution in [1.82, 2.24) is 14.6 Å². The highest BCUT2D eigenvalue weighted by atomic mass is 19.4. The third-order valence-corrected chi connectivity index (χ3v) is 3.32. The number of halogens is 3. The van der Waals surface area contributed by atoms with E-state index in [1.165, 1.54) is 13.0 Å². The van der Waals surface area contributed by atoms with Crippen LogP contribution in [0, 0.1) is 0 Å². The third kappa shape index (κ3) is 2.82. The number of fused-ring (bicyclic) bond motifs is 1. The molecule has 24 heavy (non-hydrogen) atoms. The van der Waals surface area contributed by atoms with Gasteiger partial charge in [0.15, 0.2) is 11.3 Å². The van der Waals surface area contributed by atoms with Gasteiger partial charge in [-0.2, -0.15) is 18.3 Å². The standard InChI is InChI=1S/C16H12F3N3O2/c1-2-24-15(23)11-9-20-13-8-12(10-6-4-3-5-7-10)21-22(13)14(11)16(17,18)19/h3-9H,2H2,1H3. The Kier molecular flexibility index (Phi) is 3.96. The monoisotopic (exact) mass is 335 g/mol. The molecule has 0 N–H and O–H groups in total. The highest BCUT2D eigenvalue weighted by Gasteiger charge is 2.40. The van der Waals surface area contributed by atoms with Crippen LogP contribution >= 0.6 is 0 Å². The number of alkyl halides is 3. The van der Waals surface area contributed by atoms with E-state index in [1.54, 1.807) is 30.3 Å². The van der Waals surface area contributed by atoms with Gasteiger partial charge in [-0.05, 0) is 6.92 Å². The summed E-state index contributed by atoms with van der Waals surface area (Å²) in [6, 6.07) is 10.2. The normalized spacial score (nSPS) is 11.7. The van der Waals surface area contributed by atoms with E-state index in [0.29, 0.717) is 15.8 Å². The second kappa shape index (κ2) is 5.95. The molecular formula is C16H12F3N3O2. The molecule has 0 saturated carbocycles. The predicted octanol–water partition coefficient (Wildman–Crippen LogP) is 3.59. The zero-order chi connectivity index (χ0) is 17.3. The van der Waals surface area contributed by atoms with Crippen molar-refractivity contribution < 1.29 is 22.7 Å². The average molecular weight is 335 g/mol. The van der Waals surface area contributed by atoms with E-state index in [-0.39, 0.29) is 12.3 Å². The van der Waals surface area contributed by atoms with E-state index in [4.69, 9.17) is 0 Å². The zero-order valence-electron chi connectivity index (χ0n) is 12.5. The quantitative estimate of drug-likeness (QED) is 0.687. The van der Waals surface area contributed by atoms with Crippen LogP contribution < -0.4 is 0 Å². The molecule has 2 heterocycles. The minimum absolute atomic E-state index is 0.00535. The van der Waals surface area contributed by atoms with Crippen molar-refractivity contribution in [2.45, 2.75) is 13.1 Å². The fourth-order valence-electron chi connectivity index (χ4n) is 2.31. The minimum atomic E-state index is -4.79. The largest absolute Gasteiger partial charge is 0.462 e. The number of hydrogen-bond donors (Lipinski definition) is 0. The summed E-state index contributed by atoms with van der Waals surface area (Å²) in [5.41, 5.74) is -0.898. The van der Waals surface area contributed by atoms with E-state index >= 15 is 0 Å². The first-order valence-corrected chi connectivity index (χ1v) is 7.10. The van der Waals surface area contributed by atoms with Crippen LogP contribution in [0.3, 0.4) is 0 Å². The molecule has 0 saturated heterocycles. The number of ether oxygens (including phenoxy) is 1. The van der Waals surface area contributed by atoms with Crippen LogP contribution in [0.15, 0.2) is 42.6 Å². The van der Waals surface area contributed by atoms with E-state index in [9.17, 15) is 18.0 Å². The van der Waals surface area contributed by atoms with Gasteiger partial charge in [0.2, 0.25) is 0 Å². The molecule has 0 aliphatic heterocycles. The molecule has 0 fully saturated rings. The summed E-state index contributed by atoms with van der Waals surface area (Å²) in [5.74, 6) is -1.09. The van der Waals surface area contributed by atoms with Crippen LogP contribution in [0.1, 0.15) is 23.0 Å². The Bertz CT molecular complexity index is 889. The SMILES string of the molecule is CCOC(=O)c1cnc2cc(-c3ccccc3)nn2c1C(F)(F)F. The van der Waals surface area contributed by atoms with Crippen molar-refractivity contribution in [3.8, 4) is 11.3 Å². The highest BCUT2D eigenvalue weighted by molar-refractivity contribution is 5.91. The summed E-state index contributed by atoms with van der Waals surface area (Å²) < 4.78 is 45.8. The molecule has 0 unspecified atom stereocenters. The van der Waals surface area contributed by atoms with E-state index < -0.39 is 23.4 Å². The van der Waals surface area contributed by atoms with Gasteiger partial charge in [0.1, 0.15) is 5.56 Å². The molecule has 5 nitrogen and oxygen atoms in total. The van der Waals surface area contributed by atoms with Gasteiger partial charge in [0.05, 0.1) is 12.3 Å². The molecule has 0 atom stereocenters. The number of carbonyl (C=O) groups excluding carboxylic acids is 1. The second-order valence-corrected chi connectivity index (χ2v) is 4.90. The van der Waals surface area contributed by atoms with Crippen molar-refractivity contribution in [2.24, 2.45) is 0 Å². The summed E-state index contributed by atoms with van der Waals surface area (Å²) in [4.78, 5) is 15.7. The smallest absolute Gasteiger partial charge is 0.434 e. The number of esters is 1. The first kappa shape index (κ1) is 16.0. The van der Waals surface area contributed by atoms with Crippen molar-refractivity contribution >= 4 is 11.6 Å². The lowest BCUT2D eigenvalue weighted by Crippen LogP contribution is -2.20. The fourth-order valence-corrected chi connectivity index (χ4v) is 2.31. The van der Waals surface area contributed by atoms with Crippen LogP contribution in [0.5, 0.6) is 0 Å². The lowest BCUT2D eigenvalue weighted by atomic mass is 10.2. The Hall–Kier alpha value is -2.90. The molecule has 8 heteroatoms. The molecule has 0 bridgehead atoms. The Morgan fingerprint density at radius 3 is 2.58 bits per heavy atom. The lowest BCUT2D eigenvalue weighted by Gasteiger charge is -2.12. The molecule has 3 rings (SSSR count). The zero-order valence-corrected chi connectivity index (χ0v) is 12.5. The second-order valence-electron chi connectivity index (χ2n) is 4.90. The van der Waals surface area contributed by atoms with Crippen LogP contribution in [-0.4, -0.2) is 27.2 Å². The number of aromatic nitrogens is 3. The van der Waals surface area contributed by atoms with Gasteiger partial charge in [-0.15, -0.1) is 0 Å². The number of benzene rings is 1. The Morgan fingerprint density at radius 2 is 1.96 bits per heavy atom. The maximum absolute atomic E-state index is 13.5. The molecule has 0 aliphatic rings. The average Bonchev–Trinajstić information content (AvgIpc) is 2.98. The minimum Gasteiger partial charge on any atom is -0.462 e. The van der Waals surface area contributed by atoms with Gasteiger partial charge in [0, 0.05) is 17.8 Å². The Balaban J connectivity index is 2.24. The van der Waals surface area contributed by atoms with Gasteiger partial charge in [-0.1, -0.05) is 30.3 Å². The number of rotatable bonds is 3. The van der Waals surface area contributed by atoms with Gasteiger partial charge < -0.3 is 4.74 Å². The third-order valence-electron chi connectivity index (χ3n) is 3.32. The maximum atomic E-state index is 13.5. The Labute approximate surface area is 134 Å². The van der Waals surface area contributed by atoms with Crippen LogP contribution in [-0.2, 0) is 10.9 Å². The number of nitrogens with zero attached hydrogens (tertiary/aromatic N) is 3. The summed E-state index contributed by atoms with van der Waals surface area (Å²) in [5, 5.41) is 3.98. The van der Waals surface area contributed by atoms with E-state index in [0.717, 1.165) is 6.20 Å². The van der Waals surface area contributed by atoms with Crippen LogP contribution in [0.25, 0.3) is 16.9 Å². The molecule has 3 aromatic rings. The molecule has 0 amide bonds. The van der Waals surface area contributed by atoms with Crippen LogP contribution in [0.2, 0.25) is 0 Å². The maximum Gasteiger partial charge on any atom is 0.434 e. The number of carbonyl (C=O) groups is 1. The van der Waals surface area contributed by atoms with Crippen LogP contribution in [0.4, 0.5) is 13.2 Å². The van der Waals surface area contributed by atoms with E-state index in [2.05, 4.69) is 14.8 Å². The molecule has 0 spiro atoms. The van der Waals surface area contributed by atoms with Crippen molar-refractivity contribution in [3.63, 3.8) is 0 Å². The molecular weight excluding hydrogens is 323 g/mol. The van der Waals surface area contributed by atoms with E-state index in [1.807, 2.05) is 0 Å². The summed E-state index contributed by atoms with van der Waals surface area (Å²) in [6.07, 6.45) is -3.92. The summed E-state index contributed by atoms with van der Waals surface area (Å²) in [6.45, 7) is 1.47. The van der Waals surface area contributed by atoms with Gasteiger partial charge >= 0.3 is 12.1 Å². The lowest BCUT2D eigenvalue weighted by molar-refractivity contribution is -0.143. The van der Waals surface area contributed by atoms with Gasteiger partial charge in [0.25, 0.3) is 0 Å². The van der Waals surface area contributed by atoms with Gasteiger partial charge in [-0.25, -0.2) is 14.3 Å². The highest BCUT2D eigenvalue weighted by Crippen LogP contribution is 2.33. The number of hydrogen-bond acceptors (Lipinski definition) is 4. The molecule has 2 aromatic heterocycles. The van der Waals surface area contributed by atoms with Gasteiger partial charge in [-0.3, -0.25) is 0 Å². The first-order chi connectivity index (χ1) is 11.4. The predicted molar refractivity (Wildman–Crippen MR) is 79.4 cm³/mol. The van der Waals surface area contributed by atoms with Crippen molar-refractivity contribution in [3.05, 3.63) is 53.9 Å². The Morgan fingerprint density at radius 1 is 1.25 bits per heavy atom. The van der Waals surface area contributed by atoms with Crippen molar-refractivity contribution in [2.75, 3.05) is 6.61 Å². The fraction of sp³-hybridized carbons (Fsp3) is 0.188. The summed E-state index contributed by atoms with van der Waals surface area (Å²) >= 11 is 0. The topological polar surface area (TPSA) is 56.5 Å². The molecule has 0 radical (unpaired) electrons. The molecule has 0 aliphatic carbocycles. The van der Waals surface area contributed by atoms with Crippen molar-refractivity contribution in [1.29, 1.82) is 0 Å². The molecule has 124 valence electrons. The molecule has 1 aromatic carbocycles.